The predicted octanol–water partition coefficient (Wildman–Crippen LogP) is 3.69. The van der Waals surface area contributed by atoms with Crippen LogP contribution < -0.4 is 10.1 Å². The van der Waals surface area contributed by atoms with Crippen LogP contribution in [0.3, 0.4) is 0 Å². The van der Waals surface area contributed by atoms with Crippen molar-refractivity contribution >= 4 is 40.8 Å². The summed E-state index contributed by atoms with van der Waals surface area (Å²) < 4.78 is 22.7. The fourth-order valence-electron chi connectivity index (χ4n) is 1.71. The van der Waals surface area contributed by atoms with Crippen LogP contribution in [-0.4, -0.2) is 25.1 Å². The molecule has 0 atom stereocenters. The van der Waals surface area contributed by atoms with Crippen LogP contribution in [0.1, 0.15) is 0 Å². The van der Waals surface area contributed by atoms with E-state index in [9.17, 15) is 14.0 Å². The van der Waals surface area contributed by atoms with Gasteiger partial charge in [0.2, 0.25) is 0 Å². The lowest BCUT2D eigenvalue weighted by Gasteiger charge is -2.08. The van der Waals surface area contributed by atoms with Crippen LogP contribution >= 0.6 is 23.2 Å². The minimum atomic E-state index is -0.765. The fraction of sp³-hybridized carbons (Fsp3) is 0.125. The lowest BCUT2D eigenvalue weighted by Crippen LogP contribution is -2.23. The quantitative estimate of drug-likeness (QED) is 0.786. The zero-order chi connectivity index (χ0) is 17.5. The maximum Gasteiger partial charge on any atom is 0.344 e. The molecule has 0 bridgehead atoms. The van der Waals surface area contributed by atoms with Crippen molar-refractivity contribution in [2.45, 2.75) is 0 Å². The second-order valence-electron chi connectivity index (χ2n) is 4.61. The molecule has 0 spiro atoms. The lowest BCUT2D eigenvalue weighted by molar-refractivity contribution is -0.149. The van der Waals surface area contributed by atoms with E-state index in [0.29, 0.717) is 15.7 Å². The Morgan fingerprint density at radius 2 is 1.75 bits per heavy atom. The van der Waals surface area contributed by atoms with Crippen molar-refractivity contribution in [2.24, 2.45) is 0 Å². The van der Waals surface area contributed by atoms with Crippen molar-refractivity contribution in [1.29, 1.82) is 0 Å². The van der Waals surface area contributed by atoms with E-state index < -0.39 is 30.9 Å². The van der Waals surface area contributed by atoms with Crippen molar-refractivity contribution in [3.8, 4) is 5.75 Å². The number of rotatable bonds is 6. The smallest absolute Gasteiger partial charge is 0.344 e. The maximum absolute atomic E-state index is 12.9. The van der Waals surface area contributed by atoms with Crippen LogP contribution in [0.5, 0.6) is 5.75 Å². The van der Waals surface area contributed by atoms with Gasteiger partial charge in [0.05, 0.1) is 0 Å². The van der Waals surface area contributed by atoms with Gasteiger partial charge in [-0.3, -0.25) is 4.79 Å². The molecule has 0 heterocycles. The Labute approximate surface area is 147 Å². The van der Waals surface area contributed by atoms with E-state index in [1.165, 1.54) is 36.4 Å². The van der Waals surface area contributed by atoms with Crippen LogP contribution in [0.4, 0.5) is 10.1 Å². The number of carbonyl (C=O) groups is 2. The normalized spacial score (nSPS) is 10.1. The maximum atomic E-state index is 12.9. The third-order valence-electron chi connectivity index (χ3n) is 2.66. The standard InChI is InChI=1S/C16H12Cl2FNO4/c17-10-4-11(18)6-13(5-10)20-15(21)8-24-16(22)9-23-14-3-1-2-12(19)7-14/h1-7H,8-9H2,(H,20,21). The molecule has 0 saturated heterocycles. The Morgan fingerprint density at radius 3 is 2.42 bits per heavy atom. The molecule has 0 unspecified atom stereocenters. The zero-order valence-electron chi connectivity index (χ0n) is 12.2. The molecule has 24 heavy (non-hydrogen) atoms. The number of esters is 1. The van der Waals surface area contributed by atoms with Crippen LogP contribution in [0.25, 0.3) is 0 Å². The third kappa shape index (κ3) is 6.06. The van der Waals surface area contributed by atoms with E-state index >= 15 is 0 Å². The molecule has 0 fully saturated rings. The van der Waals surface area contributed by atoms with Gasteiger partial charge in [-0.25, -0.2) is 9.18 Å². The highest BCUT2D eigenvalue weighted by Crippen LogP contribution is 2.22. The monoisotopic (exact) mass is 371 g/mol. The summed E-state index contributed by atoms with van der Waals surface area (Å²) in [6, 6.07) is 9.83. The van der Waals surface area contributed by atoms with Crippen LogP contribution in [-0.2, 0) is 14.3 Å². The van der Waals surface area contributed by atoms with E-state index in [4.69, 9.17) is 32.7 Å². The van der Waals surface area contributed by atoms with Crippen molar-refractivity contribution in [2.75, 3.05) is 18.5 Å². The highest BCUT2D eigenvalue weighted by molar-refractivity contribution is 6.35. The van der Waals surface area contributed by atoms with Gasteiger partial charge < -0.3 is 14.8 Å². The topological polar surface area (TPSA) is 64.6 Å². The van der Waals surface area contributed by atoms with Crippen molar-refractivity contribution < 1.29 is 23.5 Å². The molecule has 5 nitrogen and oxygen atoms in total. The molecule has 2 aromatic carbocycles. The molecule has 126 valence electrons. The van der Waals surface area contributed by atoms with Crippen LogP contribution in [0.15, 0.2) is 42.5 Å². The second-order valence-corrected chi connectivity index (χ2v) is 5.49. The highest BCUT2D eigenvalue weighted by Gasteiger charge is 2.10. The molecule has 2 rings (SSSR count). The highest BCUT2D eigenvalue weighted by atomic mass is 35.5. The summed E-state index contributed by atoms with van der Waals surface area (Å²) in [4.78, 5) is 23.2. The molecule has 1 N–H and O–H groups in total. The van der Waals surface area contributed by atoms with Crippen molar-refractivity contribution in [1.82, 2.24) is 0 Å². The van der Waals surface area contributed by atoms with Gasteiger partial charge in [0.25, 0.3) is 5.91 Å². The molecule has 0 aromatic heterocycles. The second kappa shape index (κ2) is 8.52. The molecule has 1 amide bonds. The lowest BCUT2D eigenvalue weighted by atomic mass is 10.3. The molecule has 0 aliphatic carbocycles. The van der Waals surface area contributed by atoms with Crippen molar-refractivity contribution in [3.63, 3.8) is 0 Å². The van der Waals surface area contributed by atoms with E-state index in [2.05, 4.69) is 5.32 Å². The van der Waals surface area contributed by atoms with E-state index in [0.717, 1.165) is 6.07 Å². The van der Waals surface area contributed by atoms with Gasteiger partial charge in [-0.05, 0) is 30.3 Å². The molecule has 0 saturated carbocycles. The Kier molecular flexibility index (Phi) is 6.40. The Bertz CT molecular complexity index is 734. The number of carbonyl (C=O) groups excluding carboxylic acids is 2. The van der Waals surface area contributed by atoms with Crippen LogP contribution in [0, 0.1) is 5.82 Å². The first-order chi connectivity index (χ1) is 11.4. The third-order valence-corrected chi connectivity index (χ3v) is 3.10. The summed E-state index contributed by atoms with van der Waals surface area (Å²) in [5, 5.41) is 3.20. The van der Waals surface area contributed by atoms with E-state index in [1.807, 2.05) is 0 Å². The summed E-state index contributed by atoms with van der Waals surface area (Å²) >= 11 is 11.6. The Balaban J connectivity index is 1.75. The summed E-state index contributed by atoms with van der Waals surface area (Å²) in [5.41, 5.74) is 0.379. The molecular formula is C16H12Cl2FNO4. The average Bonchev–Trinajstić information content (AvgIpc) is 2.50. The minimum absolute atomic E-state index is 0.185. The zero-order valence-corrected chi connectivity index (χ0v) is 13.7. The number of amides is 1. The summed E-state index contributed by atoms with van der Waals surface area (Å²) in [6.07, 6.45) is 0. The number of ether oxygens (including phenoxy) is 2. The first-order valence-electron chi connectivity index (χ1n) is 6.72. The van der Waals surface area contributed by atoms with Gasteiger partial charge in [-0.2, -0.15) is 0 Å². The number of nitrogens with one attached hydrogen (secondary N) is 1. The Morgan fingerprint density at radius 1 is 1.04 bits per heavy atom. The number of hydrogen-bond acceptors (Lipinski definition) is 4. The fourth-order valence-corrected chi connectivity index (χ4v) is 2.24. The first-order valence-corrected chi connectivity index (χ1v) is 7.48. The summed E-state index contributed by atoms with van der Waals surface area (Å²) in [5.74, 6) is -1.63. The largest absolute Gasteiger partial charge is 0.482 e. The molecular weight excluding hydrogens is 360 g/mol. The van der Waals surface area contributed by atoms with E-state index in [-0.39, 0.29) is 5.75 Å². The number of halogens is 3. The minimum Gasteiger partial charge on any atom is -0.482 e. The van der Waals surface area contributed by atoms with Gasteiger partial charge in [0.15, 0.2) is 13.2 Å². The summed E-state index contributed by atoms with van der Waals surface area (Å²) in [7, 11) is 0. The molecule has 0 aliphatic rings. The van der Waals surface area contributed by atoms with Crippen LogP contribution in [0.2, 0.25) is 10.0 Å². The number of anilines is 1. The SMILES string of the molecule is O=C(COC(=O)COc1cccc(F)c1)Nc1cc(Cl)cc(Cl)c1. The van der Waals surface area contributed by atoms with E-state index in [1.54, 1.807) is 0 Å². The molecule has 0 aliphatic heterocycles. The van der Waals surface area contributed by atoms with Gasteiger partial charge in [0, 0.05) is 21.8 Å². The van der Waals surface area contributed by atoms with Gasteiger partial charge in [-0.15, -0.1) is 0 Å². The predicted molar refractivity (Wildman–Crippen MR) is 87.9 cm³/mol. The number of benzene rings is 2. The first kappa shape index (κ1) is 18.0. The molecule has 8 heteroatoms. The molecule has 2 aromatic rings. The van der Waals surface area contributed by atoms with Crippen molar-refractivity contribution in [3.05, 3.63) is 58.3 Å². The van der Waals surface area contributed by atoms with Gasteiger partial charge in [-0.1, -0.05) is 29.3 Å². The molecule has 0 radical (unpaired) electrons. The average molecular weight is 372 g/mol. The number of hydrogen-bond donors (Lipinski definition) is 1. The van der Waals surface area contributed by atoms with Gasteiger partial charge >= 0.3 is 5.97 Å². The van der Waals surface area contributed by atoms with Gasteiger partial charge in [0.1, 0.15) is 11.6 Å². The Hall–Kier alpha value is -2.31. The summed E-state index contributed by atoms with van der Waals surface area (Å²) in [6.45, 7) is -0.949.